The lowest BCUT2D eigenvalue weighted by Crippen LogP contribution is -2.35. The second-order valence-electron chi connectivity index (χ2n) is 11.5. The molecule has 5 unspecified atom stereocenters. The van der Waals surface area contributed by atoms with Crippen molar-refractivity contribution in [1.82, 2.24) is 0 Å². The lowest BCUT2D eigenvalue weighted by molar-refractivity contribution is 0.0748. The summed E-state index contributed by atoms with van der Waals surface area (Å²) in [5.41, 5.74) is 3.21. The summed E-state index contributed by atoms with van der Waals surface area (Å²) in [4.78, 5) is 0. The molecule has 0 aliphatic heterocycles. The van der Waals surface area contributed by atoms with Gasteiger partial charge in [0.25, 0.3) is 0 Å². The molecular weight excluding hydrogens is 312 g/mol. The molecule has 1 spiro atoms. The van der Waals surface area contributed by atoms with E-state index in [9.17, 15) is 0 Å². The van der Waals surface area contributed by atoms with Crippen LogP contribution in [0.3, 0.4) is 0 Å². The summed E-state index contributed by atoms with van der Waals surface area (Å²) in [6, 6.07) is 0. The third-order valence-electron chi connectivity index (χ3n) is 9.67. The molecule has 0 saturated heterocycles. The molecule has 2 bridgehead atoms. The van der Waals surface area contributed by atoms with Crippen LogP contribution in [0.15, 0.2) is 11.6 Å². The van der Waals surface area contributed by atoms with E-state index in [1.165, 1.54) is 70.6 Å². The highest BCUT2D eigenvalue weighted by Gasteiger charge is 2.56. The summed E-state index contributed by atoms with van der Waals surface area (Å²) in [6.45, 7) is 10.1. The van der Waals surface area contributed by atoms with E-state index in [1.807, 2.05) is 5.57 Å². The van der Waals surface area contributed by atoms with Crippen molar-refractivity contribution >= 4 is 0 Å². The summed E-state index contributed by atoms with van der Waals surface area (Å²) < 4.78 is 0. The first-order valence-corrected chi connectivity index (χ1v) is 12.1. The quantitative estimate of drug-likeness (QED) is 0.436. The Kier molecular flexibility index (Phi) is 5.35. The zero-order valence-corrected chi connectivity index (χ0v) is 18.2. The van der Waals surface area contributed by atoms with Crippen molar-refractivity contribution in [3.63, 3.8) is 0 Å². The zero-order chi connectivity index (χ0) is 18.4. The Balaban J connectivity index is 1.50. The van der Waals surface area contributed by atoms with Crippen LogP contribution in [-0.2, 0) is 0 Å². The van der Waals surface area contributed by atoms with Crippen LogP contribution in [0.2, 0.25) is 0 Å². The molecule has 148 valence electrons. The van der Waals surface area contributed by atoms with Gasteiger partial charge in [-0.05, 0) is 98.2 Å². The molecule has 0 nitrogen and oxygen atoms in total. The average molecular weight is 357 g/mol. The molecule has 0 radical (unpaired) electrons. The predicted octanol–water partition coefficient (Wildman–Crippen LogP) is 8.17. The van der Waals surface area contributed by atoms with Crippen molar-refractivity contribution in [2.45, 2.75) is 111 Å². The normalized spacial score (nSPS) is 43.4. The van der Waals surface area contributed by atoms with E-state index in [2.05, 4.69) is 33.8 Å². The third-order valence-corrected chi connectivity index (χ3v) is 9.67. The molecule has 4 rings (SSSR count). The largest absolute Gasteiger partial charge is 0.0845 e. The standard InChI is InChI=1S/C26H44/c1-19(2)8-7-9-20(3)23-13-14-24-21-11-12-22-10-5-6-15-26(22,18-21)17-16-25(23,24)4/h12,19-21,23-24H,5-11,13-18H2,1-4H3/t20-,21?,23?,24?,25?,26?/m1/s1. The highest BCUT2D eigenvalue weighted by atomic mass is 14.6. The van der Waals surface area contributed by atoms with Gasteiger partial charge in [0.2, 0.25) is 0 Å². The van der Waals surface area contributed by atoms with Crippen LogP contribution in [0.25, 0.3) is 0 Å². The smallest absolute Gasteiger partial charge is 0.00850 e. The van der Waals surface area contributed by atoms with Gasteiger partial charge in [0.1, 0.15) is 0 Å². The third kappa shape index (κ3) is 3.22. The van der Waals surface area contributed by atoms with E-state index >= 15 is 0 Å². The molecule has 6 atom stereocenters. The van der Waals surface area contributed by atoms with Crippen molar-refractivity contribution in [3.8, 4) is 0 Å². The van der Waals surface area contributed by atoms with Crippen LogP contribution < -0.4 is 0 Å². The molecule has 0 aromatic rings. The van der Waals surface area contributed by atoms with Gasteiger partial charge in [-0.15, -0.1) is 0 Å². The van der Waals surface area contributed by atoms with Crippen LogP contribution in [0.5, 0.6) is 0 Å². The first-order valence-electron chi connectivity index (χ1n) is 12.1. The maximum atomic E-state index is 2.75. The second-order valence-corrected chi connectivity index (χ2v) is 11.5. The van der Waals surface area contributed by atoms with Gasteiger partial charge in [-0.3, -0.25) is 0 Å². The van der Waals surface area contributed by atoms with Crippen molar-refractivity contribution in [1.29, 1.82) is 0 Å². The molecular formula is C26H44. The fourth-order valence-corrected chi connectivity index (χ4v) is 8.26. The number of fused-ring (bicyclic) bond motifs is 3. The van der Waals surface area contributed by atoms with Crippen LogP contribution in [0, 0.1) is 40.4 Å². The predicted molar refractivity (Wildman–Crippen MR) is 113 cm³/mol. The highest BCUT2D eigenvalue weighted by Crippen LogP contribution is 2.66. The Morgan fingerprint density at radius 3 is 2.69 bits per heavy atom. The van der Waals surface area contributed by atoms with Crippen molar-refractivity contribution in [3.05, 3.63) is 11.6 Å². The summed E-state index contributed by atoms with van der Waals surface area (Å²) in [5.74, 6) is 4.86. The second kappa shape index (κ2) is 7.29. The highest BCUT2D eigenvalue weighted by molar-refractivity contribution is 5.23. The number of allylic oxidation sites excluding steroid dienone is 2. The number of hydrogen-bond donors (Lipinski definition) is 0. The first kappa shape index (κ1) is 19.1. The SMILES string of the molecule is CC(C)CCC[C@@H](C)C1CCC2C3CC=C4CCCCC4(CCC21C)C3. The van der Waals surface area contributed by atoms with E-state index < -0.39 is 0 Å². The molecule has 0 N–H and O–H groups in total. The maximum Gasteiger partial charge on any atom is -0.00850 e. The first-order chi connectivity index (χ1) is 12.4. The summed E-state index contributed by atoms with van der Waals surface area (Å²) in [7, 11) is 0. The molecule has 3 saturated carbocycles. The Hall–Kier alpha value is -0.260. The Morgan fingerprint density at radius 2 is 1.88 bits per heavy atom. The summed E-state index contributed by atoms with van der Waals surface area (Å²) >= 11 is 0. The van der Waals surface area contributed by atoms with Crippen molar-refractivity contribution in [2.75, 3.05) is 0 Å². The minimum Gasteiger partial charge on any atom is -0.0845 e. The fourth-order valence-electron chi connectivity index (χ4n) is 8.26. The molecule has 4 aliphatic carbocycles. The summed E-state index contributed by atoms with van der Waals surface area (Å²) in [6.07, 6.45) is 22.1. The molecule has 4 aliphatic rings. The van der Waals surface area contributed by atoms with Gasteiger partial charge < -0.3 is 0 Å². The van der Waals surface area contributed by atoms with Crippen LogP contribution in [0.1, 0.15) is 111 Å². The van der Waals surface area contributed by atoms with Crippen LogP contribution in [-0.4, -0.2) is 0 Å². The Labute approximate surface area is 163 Å². The van der Waals surface area contributed by atoms with E-state index in [1.54, 1.807) is 12.8 Å². The summed E-state index contributed by atoms with van der Waals surface area (Å²) in [5, 5.41) is 0. The lowest BCUT2D eigenvalue weighted by Gasteiger charge is -2.45. The lowest BCUT2D eigenvalue weighted by atomic mass is 9.60. The molecule has 3 fully saturated rings. The Bertz CT molecular complexity index is 528. The average Bonchev–Trinajstić information content (AvgIpc) is 2.93. The van der Waals surface area contributed by atoms with Crippen LogP contribution in [0.4, 0.5) is 0 Å². The number of hydrogen-bond acceptors (Lipinski definition) is 0. The molecule has 0 heteroatoms. The van der Waals surface area contributed by atoms with Gasteiger partial charge in [-0.25, -0.2) is 0 Å². The Morgan fingerprint density at radius 1 is 1.04 bits per heavy atom. The van der Waals surface area contributed by atoms with Gasteiger partial charge in [0.15, 0.2) is 0 Å². The van der Waals surface area contributed by atoms with E-state index in [0.29, 0.717) is 10.8 Å². The van der Waals surface area contributed by atoms with E-state index in [-0.39, 0.29) is 0 Å². The van der Waals surface area contributed by atoms with Gasteiger partial charge in [0.05, 0.1) is 0 Å². The van der Waals surface area contributed by atoms with Gasteiger partial charge in [0, 0.05) is 0 Å². The molecule has 0 amide bonds. The van der Waals surface area contributed by atoms with E-state index in [4.69, 9.17) is 0 Å². The van der Waals surface area contributed by atoms with Crippen molar-refractivity contribution in [2.24, 2.45) is 40.4 Å². The van der Waals surface area contributed by atoms with Gasteiger partial charge in [-0.2, -0.15) is 0 Å². The minimum absolute atomic E-state index is 0.645. The van der Waals surface area contributed by atoms with Gasteiger partial charge in [-0.1, -0.05) is 65.0 Å². The fraction of sp³-hybridized carbons (Fsp3) is 0.923. The maximum absolute atomic E-state index is 2.75. The van der Waals surface area contributed by atoms with Crippen LogP contribution >= 0.6 is 0 Å². The monoisotopic (exact) mass is 356 g/mol. The molecule has 0 heterocycles. The van der Waals surface area contributed by atoms with Gasteiger partial charge >= 0.3 is 0 Å². The van der Waals surface area contributed by atoms with E-state index in [0.717, 1.165) is 29.6 Å². The molecule has 26 heavy (non-hydrogen) atoms. The zero-order valence-electron chi connectivity index (χ0n) is 18.2. The molecule has 0 aromatic heterocycles. The van der Waals surface area contributed by atoms with Crippen molar-refractivity contribution < 1.29 is 0 Å². The minimum atomic E-state index is 0.645. The molecule has 0 aromatic carbocycles. The topological polar surface area (TPSA) is 0 Å². The number of rotatable bonds is 5.